The van der Waals surface area contributed by atoms with Crippen LogP contribution in [0.15, 0.2) is 24.3 Å². The molecule has 8 heteroatoms. The fourth-order valence-corrected chi connectivity index (χ4v) is 5.05. The Bertz CT molecular complexity index is 933. The second-order valence-electron chi connectivity index (χ2n) is 6.99. The molecule has 0 radical (unpaired) electrons. The van der Waals surface area contributed by atoms with Crippen molar-refractivity contribution >= 4 is 23.2 Å². The van der Waals surface area contributed by atoms with Gasteiger partial charge in [0.1, 0.15) is 4.88 Å². The van der Waals surface area contributed by atoms with E-state index in [9.17, 15) is 19.1 Å². The van der Waals surface area contributed by atoms with Crippen LogP contribution in [0.3, 0.4) is 0 Å². The van der Waals surface area contributed by atoms with Gasteiger partial charge in [0, 0.05) is 30.0 Å². The highest BCUT2D eigenvalue weighted by molar-refractivity contribution is 7.14. The SMILES string of the molecule is COc1cc(C(=O)N2CCC3(CC2)OCCc2sc(C(=O)O)cc23)ccc1F. The predicted octanol–water partition coefficient (Wildman–Crippen LogP) is 3.30. The van der Waals surface area contributed by atoms with Crippen LogP contribution in [0.1, 0.15) is 43.3 Å². The van der Waals surface area contributed by atoms with E-state index in [0.717, 1.165) is 10.4 Å². The van der Waals surface area contributed by atoms with Crippen molar-refractivity contribution in [3.8, 4) is 5.75 Å². The fourth-order valence-electron chi connectivity index (χ4n) is 3.98. The molecule has 1 spiro atoms. The van der Waals surface area contributed by atoms with Gasteiger partial charge >= 0.3 is 5.97 Å². The highest BCUT2D eigenvalue weighted by Crippen LogP contribution is 2.44. The molecular formula is C20H20FNO5S. The minimum atomic E-state index is -0.924. The topological polar surface area (TPSA) is 76.1 Å². The van der Waals surface area contributed by atoms with Crippen molar-refractivity contribution < 1.29 is 28.6 Å². The molecule has 6 nitrogen and oxygen atoms in total. The Hall–Kier alpha value is -2.45. The van der Waals surface area contributed by atoms with Crippen molar-refractivity contribution in [3.63, 3.8) is 0 Å². The number of hydrogen-bond acceptors (Lipinski definition) is 5. The van der Waals surface area contributed by atoms with Crippen LogP contribution in [0.4, 0.5) is 4.39 Å². The Morgan fingerprint density at radius 1 is 1.29 bits per heavy atom. The molecular weight excluding hydrogens is 385 g/mol. The third-order valence-electron chi connectivity index (χ3n) is 5.47. The second kappa shape index (κ2) is 7.18. The fraction of sp³-hybridized carbons (Fsp3) is 0.400. The molecule has 1 aromatic carbocycles. The van der Waals surface area contributed by atoms with Crippen molar-refractivity contribution in [2.75, 3.05) is 26.8 Å². The number of methoxy groups -OCH3 is 1. The molecule has 3 heterocycles. The number of likely N-dealkylation sites (tertiary alicyclic amines) is 1. The summed E-state index contributed by atoms with van der Waals surface area (Å²) in [7, 11) is 1.36. The van der Waals surface area contributed by atoms with E-state index in [1.807, 2.05) is 0 Å². The summed E-state index contributed by atoms with van der Waals surface area (Å²) in [4.78, 5) is 27.3. The highest BCUT2D eigenvalue weighted by atomic mass is 32.1. The summed E-state index contributed by atoms with van der Waals surface area (Å²) in [5, 5.41) is 9.30. The number of aromatic carboxylic acids is 1. The maximum absolute atomic E-state index is 13.6. The molecule has 0 unspecified atom stereocenters. The van der Waals surface area contributed by atoms with E-state index in [1.54, 1.807) is 11.0 Å². The van der Waals surface area contributed by atoms with Crippen LogP contribution in [-0.2, 0) is 16.8 Å². The van der Waals surface area contributed by atoms with Crippen molar-refractivity contribution in [3.05, 3.63) is 51.0 Å². The number of benzene rings is 1. The molecule has 0 bridgehead atoms. The van der Waals surface area contributed by atoms with Crippen LogP contribution >= 0.6 is 11.3 Å². The third-order valence-corrected chi connectivity index (χ3v) is 6.66. The highest BCUT2D eigenvalue weighted by Gasteiger charge is 2.43. The minimum absolute atomic E-state index is 0.0408. The number of nitrogens with zero attached hydrogens (tertiary/aromatic N) is 1. The average Bonchev–Trinajstić information content (AvgIpc) is 3.15. The van der Waals surface area contributed by atoms with Gasteiger partial charge in [-0.15, -0.1) is 11.3 Å². The van der Waals surface area contributed by atoms with Crippen LogP contribution in [0.2, 0.25) is 0 Å². The Labute approximate surface area is 165 Å². The summed E-state index contributed by atoms with van der Waals surface area (Å²) in [5.74, 6) is -1.57. The first-order valence-electron chi connectivity index (χ1n) is 9.07. The summed E-state index contributed by atoms with van der Waals surface area (Å²) in [5.41, 5.74) is 0.801. The number of ether oxygens (including phenoxy) is 2. The smallest absolute Gasteiger partial charge is 0.345 e. The second-order valence-corrected chi connectivity index (χ2v) is 8.12. The molecule has 1 saturated heterocycles. The van der Waals surface area contributed by atoms with Gasteiger partial charge in [0.15, 0.2) is 11.6 Å². The number of carboxylic acids is 1. The molecule has 0 aliphatic carbocycles. The molecule has 28 heavy (non-hydrogen) atoms. The standard InChI is InChI=1S/C20H20FNO5S/c1-26-15-10-12(2-3-14(15)21)18(23)22-7-5-20(6-8-22)13-11-17(19(24)25)28-16(13)4-9-27-20/h2-3,10-11H,4-9H2,1H3,(H,24,25). The molecule has 2 aromatic rings. The number of rotatable bonds is 3. The third kappa shape index (κ3) is 3.16. The van der Waals surface area contributed by atoms with E-state index in [-0.39, 0.29) is 11.7 Å². The summed E-state index contributed by atoms with van der Waals surface area (Å²) in [6.45, 7) is 1.52. The van der Waals surface area contributed by atoms with E-state index >= 15 is 0 Å². The summed E-state index contributed by atoms with van der Waals surface area (Å²) < 4.78 is 24.7. The van der Waals surface area contributed by atoms with E-state index in [0.29, 0.717) is 49.4 Å². The maximum Gasteiger partial charge on any atom is 0.345 e. The monoisotopic (exact) mass is 405 g/mol. The molecule has 4 rings (SSSR count). The molecule has 1 aromatic heterocycles. The largest absolute Gasteiger partial charge is 0.494 e. The zero-order valence-corrected chi connectivity index (χ0v) is 16.2. The number of fused-ring (bicyclic) bond motifs is 2. The van der Waals surface area contributed by atoms with Gasteiger partial charge in [0.05, 0.1) is 19.3 Å². The molecule has 1 N–H and O–H groups in total. The first-order valence-corrected chi connectivity index (χ1v) is 9.88. The zero-order valence-electron chi connectivity index (χ0n) is 15.4. The molecule has 0 saturated carbocycles. The molecule has 148 valence electrons. The maximum atomic E-state index is 13.6. The van der Waals surface area contributed by atoms with Gasteiger partial charge in [-0.05, 0) is 42.7 Å². The minimum Gasteiger partial charge on any atom is -0.494 e. The van der Waals surface area contributed by atoms with Crippen molar-refractivity contribution in [1.29, 1.82) is 0 Å². The predicted molar refractivity (Wildman–Crippen MR) is 101 cm³/mol. The summed E-state index contributed by atoms with van der Waals surface area (Å²) >= 11 is 1.31. The van der Waals surface area contributed by atoms with E-state index in [1.165, 1.54) is 36.6 Å². The van der Waals surface area contributed by atoms with Gasteiger partial charge in [-0.2, -0.15) is 0 Å². The van der Waals surface area contributed by atoms with E-state index in [4.69, 9.17) is 9.47 Å². The van der Waals surface area contributed by atoms with Crippen LogP contribution in [0.25, 0.3) is 0 Å². The van der Waals surface area contributed by atoms with Crippen LogP contribution in [0.5, 0.6) is 5.75 Å². The zero-order chi connectivity index (χ0) is 19.9. The van der Waals surface area contributed by atoms with Gasteiger partial charge in [-0.25, -0.2) is 9.18 Å². The van der Waals surface area contributed by atoms with Crippen LogP contribution in [0, 0.1) is 5.82 Å². The van der Waals surface area contributed by atoms with Crippen molar-refractivity contribution in [2.45, 2.75) is 24.9 Å². The van der Waals surface area contributed by atoms with E-state index in [2.05, 4.69) is 0 Å². The number of carbonyl (C=O) groups is 2. The first kappa shape index (κ1) is 18.9. The molecule has 2 aliphatic rings. The Morgan fingerprint density at radius 3 is 2.71 bits per heavy atom. The van der Waals surface area contributed by atoms with Gasteiger partial charge in [0.25, 0.3) is 5.91 Å². The lowest BCUT2D eigenvalue weighted by molar-refractivity contribution is -0.0926. The Kier molecular flexibility index (Phi) is 4.84. The molecule has 1 fully saturated rings. The van der Waals surface area contributed by atoms with Gasteiger partial charge in [-0.3, -0.25) is 4.79 Å². The van der Waals surface area contributed by atoms with Crippen molar-refractivity contribution in [1.82, 2.24) is 4.90 Å². The average molecular weight is 405 g/mol. The number of hydrogen-bond donors (Lipinski definition) is 1. The number of amides is 1. The lowest BCUT2D eigenvalue weighted by Gasteiger charge is -2.44. The molecule has 1 amide bonds. The molecule has 2 aliphatic heterocycles. The van der Waals surface area contributed by atoms with Crippen LogP contribution < -0.4 is 4.74 Å². The quantitative estimate of drug-likeness (QED) is 0.848. The number of carboxylic acid groups (broad SMARTS) is 1. The van der Waals surface area contributed by atoms with Gasteiger partial charge < -0.3 is 19.5 Å². The van der Waals surface area contributed by atoms with Gasteiger partial charge in [0.2, 0.25) is 0 Å². The van der Waals surface area contributed by atoms with Crippen LogP contribution in [-0.4, -0.2) is 48.7 Å². The van der Waals surface area contributed by atoms with Crippen molar-refractivity contribution in [2.24, 2.45) is 0 Å². The summed E-state index contributed by atoms with van der Waals surface area (Å²) in [6.07, 6.45) is 1.91. The first-order chi connectivity index (χ1) is 13.4. The number of piperidine rings is 1. The number of carbonyl (C=O) groups excluding carboxylic acids is 1. The normalized spacial score (nSPS) is 18.0. The number of thiophene rings is 1. The Balaban J connectivity index is 1.52. The number of halogens is 1. The lowest BCUT2D eigenvalue weighted by Crippen LogP contribution is -2.48. The lowest BCUT2D eigenvalue weighted by atomic mass is 9.82. The summed E-state index contributed by atoms with van der Waals surface area (Å²) in [6, 6.07) is 5.82. The Morgan fingerprint density at radius 2 is 2.04 bits per heavy atom. The molecule has 0 atom stereocenters. The van der Waals surface area contributed by atoms with E-state index < -0.39 is 17.4 Å². The van der Waals surface area contributed by atoms with Gasteiger partial charge in [-0.1, -0.05) is 0 Å².